The van der Waals surface area contributed by atoms with Crippen LogP contribution in [0.15, 0.2) is 48.5 Å². The summed E-state index contributed by atoms with van der Waals surface area (Å²) in [5, 5.41) is 3.05. The van der Waals surface area contributed by atoms with Gasteiger partial charge in [0.25, 0.3) is 5.91 Å². The minimum Gasteiger partial charge on any atom is -0.344 e. The number of fused-ring (bicyclic) bond motifs is 1. The van der Waals surface area contributed by atoms with E-state index >= 15 is 0 Å². The molecule has 0 aliphatic carbocycles. The smallest absolute Gasteiger partial charge is 0.344 e. The molecule has 2 aliphatic heterocycles. The van der Waals surface area contributed by atoms with Crippen LogP contribution in [0.3, 0.4) is 0 Å². The molecule has 4 rings (SSSR count). The number of carbonyl (C=O) groups is 1. The van der Waals surface area contributed by atoms with E-state index in [9.17, 15) is 18.0 Å². The summed E-state index contributed by atoms with van der Waals surface area (Å²) >= 11 is 6.13. The Bertz CT molecular complexity index is 921. The Hall–Kier alpha value is -1.76. The van der Waals surface area contributed by atoms with E-state index in [0.717, 1.165) is 62.4 Å². The molecule has 2 saturated heterocycles. The zero-order valence-electron chi connectivity index (χ0n) is 17.6. The lowest BCUT2D eigenvalue weighted by atomic mass is 9.84. The van der Waals surface area contributed by atoms with Crippen molar-refractivity contribution < 1.29 is 18.0 Å². The Balaban J connectivity index is 0.00000289. The predicted molar refractivity (Wildman–Crippen MR) is 122 cm³/mol. The van der Waals surface area contributed by atoms with Gasteiger partial charge < -0.3 is 5.32 Å². The van der Waals surface area contributed by atoms with Crippen LogP contribution in [-0.4, -0.2) is 29.4 Å². The number of halogens is 5. The molecular weight excluding hydrogens is 460 g/mol. The zero-order valence-corrected chi connectivity index (χ0v) is 19.1. The Morgan fingerprint density at radius 1 is 1.03 bits per heavy atom. The van der Waals surface area contributed by atoms with Gasteiger partial charge in [-0.15, -0.1) is 12.4 Å². The Morgan fingerprint density at radius 2 is 1.75 bits per heavy atom. The molecule has 2 aliphatic rings. The third-order valence-corrected chi connectivity index (χ3v) is 6.83. The summed E-state index contributed by atoms with van der Waals surface area (Å²) in [4.78, 5) is 15.6. The second-order valence-corrected chi connectivity index (χ2v) is 8.85. The van der Waals surface area contributed by atoms with E-state index in [1.807, 2.05) is 30.3 Å². The number of amides is 1. The van der Waals surface area contributed by atoms with Gasteiger partial charge in [0.05, 0.1) is 22.2 Å². The van der Waals surface area contributed by atoms with Crippen LogP contribution in [0.4, 0.5) is 13.2 Å². The maximum atomic E-state index is 13.2. The van der Waals surface area contributed by atoms with Crippen LogP contribution in [0.25, 0.3) is 0 Å². The van der Waals surface area contributed by atoms with Gasteiger partial charge in [0.1, 0.15) is 0 Å². The molecule has 0 aromatic heterocycles. The highest BCUT2D eigenvalue weighted by Gasteiger charge is 2.38. The van der Waals surface area contributed by atoms with E-state index in [1.165, 1.54) is 6.42 Å². The summed E-state index contributed by atoms with van der Waals surface area (Å²) in [6, 6.07) is 12.8. The molecule has 174 valence electrons. The van der Waals surface area contributed by atoms with E-state index in [-0.39, 0.29) is 35.1 Å². The van der Waals surface area contributed by atoms with Crippen molar-refractivity contribution in [3.63, 3.8) is 0 Å². The largest absolute Gasteiger partial charge is 0.416 e. The monoisotopic (exact) mass is 486 g/mol. The van der Waals surface area contributed by atoms with E-state index in [2.05, 4.69) is 10.2 Å². The van der Waals surface area contributed by atoms with Crippen LogP contribution >= 0.6 is 24.0 Å². The van der Waals surface area contributed by atoms with Crippen molar-refractivity contribution in [2.24, 2.45) is 0 Å². The van der Waals surface area contributed by atoms with Crippen LogP contribution in [0.2, 0.25) is 5.02 Å². The molecule has 32 heavy (non-hydrogen) atoms. The first-order valence-electron chi connectivity index (χ1n) is 10.8. The van der Waals surface area contributed by atoms with Crippen molar-refractivity contribution in [3.8, 4) is 0 Å². The van der Waals surface area contributed by atoms with Crippen LogP contribution in [-0.2, 0) is 6.18 Å². The average molecular weight is 487 g/mol. The number of rotatable bonds is 4. The van der Waals surface area contributed by atoms with Crippen LogP contribution < -0.4 is 5.32 Å². The minimum atomic E-state index is -4.54. The highest BCUT2D eigenvalue weighted by atomic mass is 35.5. The molecule has 2 aromatic carbocycles. The second-order valence-electron chi connectivity index (χ2n) is 8.44. The third kappa shape index (κ3) is 5.41. The zero-order chi connectivity index (χ0) is 22.0. The first kappa shape index (κ1) is 24.9. The van der Waals surface area contributed by atoms with Gasteiger partial charge in [-0.1, -0.05) is 54.8 Å². The SMILES string of the molecule is Cl.O=C(NC(c1ccccc1)C1CCCC2CCCCN21)c1cc(C(F)(F)F)ccc1Cl. The molecule has 8 heteroatoms. The molecule has 1 amide bonds. The summed E-state index contributed by atoms with van der Waals surface area (Å²) in [5.74, 6) is -0.580. The van der Waals surface area contributed by atoms with Crippen LogP contribution in [0, 0.1) is 0 Å². The van der Waals surface area contributed by atoms with Crippen molar-refractivity contribution in [1.29, 1.82) is 0 Å². The predicted octanol–water partition coefficient (Wildman–Crippen LogP) is 6.66. The lowest BCUT2D eigenvalue weighted by Gasteiger charge is -2.48. The number of hydrogen-bond acceptors (Lipinski definition) is 2. The second kappa shape index (κ2) is 10.4. The minimum absolute atomic E-state index is 0. The summed E-state index contributed by atoms with van der Waals surface area (Å²) in [6.45, 7) is 0.985. The maximum Gasteiger partial charge on any atom is 0.416 e. The van der Waals surface area contributed by atoms with E-state index in [0.29, 0.717) is 6.04 Å². The molecule has 2 heterocycles. The van der Waals surface area contributed by atoms with Crippen molar-refractivity contribution in [1.82, 2.24) is 10.2 Å². The van der Waals surface area contributed by atoms with Gasteiger partial charge in [0, 0.05) is 12.1 Å². The fraction of sp³-hybridized carbons (Fsp3) is 0.458. The molecule has 3 atom stereocenters. The summed E-state index contributed by atoms with van der Waals surface area (Å²) in [5.41, 5.74) is -0.0781. The van der Waals surface area contributed by atoms with Gasteiger partial charge in [0.2, 0.25) is 0 Å². The third-order valence-electron chi connectivity index (χ3n) is 6.50. The number of nitrogens with one attached hydrogen (secondary N) is 1. The van der Waals surface area contributed by atoms with Crippen LogP contribution in [0.5, 0.6) is 0 Å². The number of benzene rings is 2. The molecule has 2 aromatic rings. The molecular formula is C24H27Cl2F3N2O. The molecule has 0 bridgehead atoms. The van der Waals surface area contributed by atoms with Gasteiger partial charge in [-0.05, 0) is 56.0 Å². The molecule has 0 saturated carbocycles. The lowest BCUT2D eigenvalue weighted by molar-refractivity contribution is -0.137. The summed E-state index contributed by atoms with van der Waals surface area (Å²) in [7, 11) is 0. The quantitative estimate of drug-likeness (QED) is 0.523. The maximum absolute atomic E-state index is 13.2. The first-order chi connectivity index (χ1) is 14.8. The number of nitrogens with zero attached hydrogens (tertiary/aromatic N) is 1. The van der Waals surface area contributed by atoms with Gasteiger partial charge in [-0.3, -0.25) is 9.69 Å². The van der Waals surface area contributed by atoms with Gasteiger partial charge >= 0.3 is 6.18 Å². The number of piperidine rings is 2. The van der Waals surface area contributed by atoms with Crippen LogP contribution in [0.1, 0.15) is 66.1 Å². The fourth-order valence-corrected chi connectivity index (χ4v) is 5.22. The number of hydrogen-bond donors (Lipinski definition) is 1. The molecule has 0 spiro atoms. The molecule has 3 unspecified atom stereocenters. The Kier molecular flexibility index (Phi) is 8.12. The Labute approximate surface area is 197 Å². The Morgan fingerprint density at radius 3 is 2.47 bits per heavy atom. The van der Waals surface area contributed by atoms with Crippen molar-refractivity contribution in [3.05, 3.63) is 70.2 Å². The van der Waals surface area contributed by atoms with Crippen molar-refractivity contribution in [2.75, 3.05) is 6.54 Å². The van der Waals surface area contributed by atoms with E-state index < -0.39 is 17.6 Å². The summed E-state index contributed by atoms with van der Waals surface area (Å²) in [6.07, 6.45) is 2.14. The van der Waals surface area contributed by atoms with E-state index in [4.69, 9.17) is 11.6 Å². The standard InChI is InChI=1S/C24H26ClF3N2O.ClH/c25-20-13-12-17(24(26,27)28)15-19(20)23(31)29-22(16-7-2-1-3-8-16)21-11-6-10-18-9-4-5-14-30(18)21;/h1-3,7-8,12-13,15,18,21-22H,4-6,9-11,14H2,(H,29,31);1H. The molecule has 1 N–H and O–H groups in total. The van der Waals surface area contributed by atoms with Gasteiger partial charge in [0.15, 0.2) is 0 Å². The highest BCUT2D eigenvalue weighted by Crippen LogP contribution is 2.37. The van der Waals surface area contributed by atoms with E-state index in [1.54, 1.807) is 0 Å². The average Bonchev–Trinajstić information content (AvgIpc) is 2.77. The van der Waals surface area contributed by atoms with Gasteiger partial charge in [-0.25, -0.2) is 0 Å². The van der Waals surface area contributed by atoms with Crippen molar-refractivity contribution >= 4 is 29.9 Å². The molecule has 3 nitrogen and oxygen atoms in total. The lowest BCUT2D eigenvalue weighted by Crippen LogP contribution is -2.54. The van der Waals surface area contributed by atoms with Crippen molar-refractivity contribution in [2.45, 2.75) is 62.8 Å². The summed E-state index contributed by atoms with van der Waals surface area (Å²) < 4.78 is 39.6. The normalized spacial score (nSPS) is 22.4. The molecule has 2 fully saturated rings. The fourth-order valence-electron chi connectivity index (χ4n) is 5.01. The highest BCUT2D eigenvalue weighted by molar-refractivity contribution is 6.33. The van der Waals surface area contributed by atoms with Gasteiger partial charge in [-0.2, -0.15) is 13.2 Å². The number of alkyl halides is 3. The first-order valence-corrected chi connectivity index (χ1v) is 11.2. The number of carbonyl (C=O) groups excluding carboxylic acids is 1. The molecule has 0 radical (unpaired) electrons. The topological polar surface area (TPSA) is 32.3 Å².